The van der Waals surface area contributed by atoms with Gasteiger partial charge in [-0.05, 0) is 44.4 Å². The number of fused-ring (bicyclic) bond motifs is 1. The van der Waals surface area contributed by atoms with Crippen LogP contribution in [0, 0.1) is 0 Å². The molecule has 0 saturated heterocycles. The molecule has 0 spiro atoms. The largest absolute Gasteiger partial charge is 0.0693 e. The molecule has 0 unspecified atom stereocenters. The fraction of sp³-hybridized carbons (Fsp3) is 0.750. The van der Waals surface area contributed by atoms with Crippen molar-refractivity contribution in [3.8, 4) is 0 Å². The van der Waals surface area contributed by atoms with Gasteiger partial charge >= 0.3 is 0 Å². The minimum atomic E-state index is -1.55. The van der Waals surface area contributed by atoms with Gasteiger partial charge in [-0.15, -0.1) is 0 Å². The maximum atomic E-state index is 2.76. The molecule has 2 aliphatic rings. The van der Waals surface area contributed by atoms with Crippen LogP contribution in [0.5, 0.6) is 0 Å². The second kappa shape index (κ2) is 9.92. The van der Waals surface area contributed by atoms with Crippen molar-refractivity contribution < 1.29 is 0 Å². The first-order valence-corrected chi connectivity index (χ1v) is 37.0. The first-order valence-electron chi connectivity index (χ1n) is 15.5. The fourth-order valence-electron chi connectivity index (χ4n) is 9.18. The summed E-state index contributed by atoms with van der Waals surface area (Å²) in [6, 6.07) is 9.94. The highest BCUT2D eigenvalue weighted by Gasteiger charge is 2.62. The number of rotatable bonds is 6. The minimum Gasteiger partial charge on any atom is -0.0693 e. The first-order chi connectivity index (χ1) is 16.7. The molecule has 0 heterocycles. The van der Waals surface area contributed by atoms with Crippen LogP contribution in [0.1, 0.15) is 22.2 Å². The summed E-state index contributed by atoms with van der Waals surface area (Å²) in [4.78, 5) is 0. The average molecular weight is 617 g/mol. The highest BCUT2D eigenvalue weighted by atomic mass is 28.3. The van der Waals surface area contributed by atoms with Gasteiger partial charge in [-0.2, -0.15) is 0 Å². The van der Waals surface area contributed by atoms with Gasteiger partial charge in [0.25, 0.3) is 0 Å². The second-order valence-corrected chi connectivity index (χ2v) is 51.7. The van der Waals surface area contributed by atoms with E-state index in [2.05, 4.69) is 153 Å². The molecule has 216 valence electrons. The van der Waals surface area contributed by atoms with Gasteiger partial charge in [0.15, 0.2) is 0 Å². The third-order valence-corrected chi connectivity index (χ3v) is 26.1. The highest BCUT2D eigenvalue weighted by molar-refractivity contribution is 6.90. The van der Waals surface area contributed by atoms with Crippen molar-refractivity contribution in [2.24, 2.45) is 0 Å². The lowest BCUT2D eigenvalue weighted by molar-refractivity contribution is 0.566. The van der Waals surface area contributed by atoms with Crippen LogP contribution < -0.4 is 0 Å². The van der Waals surface area contributed by atoms with Gasteiger partial charge in [0.2, 0.25) is 0 Å². The Balaban J connectivity index is 2.70. The Labute approximate surface area is 245 Å². The summed E-state index contributed by atoms with van der Waals surface area (Å²) in [5.41, 5.74) is 12.6. The molecule has 6 heteroatoms. The van der Waals surface area contributed by atoms with E-state index in [1.165, 1.54) is 0 Å². The third kappa shape index (κ3) is 5.92. The van der Waals surface area contributed by atoms with Gasteiger partial charge in [-0.25, -0.2) is 0 Å². The summed E-state index contributed by atoms with van der Waals surface area (Å²) in [6.45, 7) is 49.4. The number of allylic oxidation sites excluding steroid dienone is 2. The van der Waals surface area contributed by atoms with E-state index in [4.69, 9.17) is 0 Å². The smallest absolute Gasteiger partial charge is 0.0569 e. The lowest BCUT2D eigenvalue weighted by Crippen LogP contribution is -2.58. The normalized spacial score (nSPS) is 29.7. The van der Waals surface area contributed by atoms with Crippen LogP contribution >= 0.6 is 0 Å². The molecule has 0 bridgehead atoms. The zero-order valence-electron chi connectivity index (χ0n) is 28.8. The van der Waals surface area contributed by atoms with E-state index >= 15 is 0 Å². The van der Waals surface area contributed by atoms with Crippen LogP contribution in [0.25, 0.3) is 0 Å². The lowest BCUT2D eigenvalue weighted by Gasteiger charge is -2.64. The Kier molecular flexibility index (Phi) is 8.56. The van der Waals surface area contributed by atoms with Crippen LogP contribution in [0.15, 0.2) is 35.4 Å². The molecule has 0 radical (unpaired) electrons. The maximum absolute atomic E-state index is 2.76. The molecule has 2 aliphatic carbocycles. The van der Waals surface area contributed by atoms with Crippen molar-refractivity contribution in [2.75, 3.05) is 0 Å². The molecule has 0 fully saturated rings. The van der Waals surface area contributed by atoms with Gasteiger partial charge in [0, 0.05) is 16.1 Å². The Morgan fingerprint density at radius 1 is 0.368 bits per heavy atom. The molecule has 0 aliphatic heterocycles. The zero-order valence-corrected chi connectivity index (χ0v) is 34.8. The molecule has 0 N–H and O–H groups in total. The predicted molar refractivity (Wildman–Crippen MR) is 194 cm³/mol. The Morgan fingerprint density at radius 2 is 0.632 bits per heavy atom. The van der Waals surface area contributed by atoms with Crippen molar-refractivity contribution >= 4 is 48.4 Å². The molecule has 6 atom stereocenters. The number of benzene rings is 1. The van der Waals surface area contributed by atoms with Crippen molar-refractivity contribution in [1.82, 2.24) is 0 Å². The summed E-state index contributed by atoms with van der Waals surface area (Å²) in [7, 11) is -9.07. The van der Waals surface area contributed by atoms with Crippen molar-refractivity contribution in [2.45, 2.75) is 151 Å². The molecule has 1 aromatic carbocycles. The monoisotopic (exact) mass is 616 g/mol. The van der Waals surface area contributed by atoms with Crippen LogP contribution in [0.4, 0.5) is 0 Å². The fourth-order valence-corrected chi connectivity index (χ4v) is 33.8. The summed E-state index contributed by atoms with van der Waals surface area (Å²) >= 11 is 0. The lowest BCUT2D eigenvalue weighted by atomic mass is 9.76. The average Bonchev–Trinajstić information content (AvgIpc) is 2.64. The van der Waals surface area contributed by atoms with E-state index in [1.807, 2.05) is 0 Å². The summed E-state index contributed by atoms with van der Waals surface area (Å²) in [5.74, 6) is 0. The topological polar surface area (TPSA) is 0 Å². The summed E-state index contributed by atoms with van der Waals surface area (Å²) < 4.78 is 0. The van der Waals surface area contributed by atoms with Crippen LogP contribution in [0.2, 0.25) is 140 Å². The van der Waals surface area contributed by atoms with Crippen molar-refractivity contribution in [3.63, 3.8) is 0 Å². The maximum Gasteiger partial charge on any atom is 0.0569 e. The van der Waals surface area contributed by atoms with Gasteiger partial charge in [-0.1, -0.05) is 153 Å². The highest BCUT2D eigenvalue weighted by Crippen LogP contribution is 2.72. The Hall–Kier alpha value is 0.261. The van der Waals surface area contributed by atoms with E-state index in [0.717, 1.165) is 22.2 Å². The van der Waals surface area contributed by atoms with Crippen LogP contribution in [-0.4, -0.2) is 48.4 Å². The van der Waals surface area contributed by atoms with E-state index in [0.29, 0.717) is 11.1 Å². The predicted octanol–water partition coefficient (Wildman–Crippen LogP) is 11.8. The summed E-state index contributed by atoms with van der Waals surface area (Å²) in [5, 5.41) is 0. The Morgan fingerprint density at radius 3 is 0.816 bits per heavy atom. The third-order valence-electron chi connectivity index (χ3n) is 9.95. The molecule has 1 aromatic rings. The molecular formula is C32H64Si6. The number of hydrogen-bond donors (Lipinski definition) is 0. The molecule has 38 heavy (non-hydrogen) atoms. The van der Waals surface area contributed by atoms with Gasteiger partial charge in [0.05, 0.1) is 32.3 Å². The minimum absolute atomic E-state index is 0.693. The zero-order chi connectivity index (χ0) is 29.6. The SMILES string of the molecule is C[Si](C)(C)[C@@H]1[C@@H]([Si](C)(C)C)[C@@H]([Si](C)(C)C)C2=C([C@@H]([Si](C)(C)C)c3ccccc3[C@H]2[Si](C)(C)C)[C@H]1[Si](C)(C)C. The Bertz CT molecular complexity index is 975. The number of hydrogen-bond acceptors (Lipinski definition) is 0. The van der Waals surface area contributed by atoms with Crippen molar-refractivity contribution in [1.29, 1.82) is 0 Å². The molecule has 0 nitrogen and oxygen atoms in total. The van der Waals surface area contributed by atoms with E-state index < -0.39 is 48.4 Å². The standard InChI is InChI=1S/C32H64Si6/c1-33(2,3)27-23-21-19-20-22-24(23)28(34(4,5)6)26-25(27)29(35(7,8)9)31(37(13,14)15)32(38(16,17)18)30(26)36(10,11)12/h19-22,27-32H,1-18H3/t27-,28+,29+,30-,31-,32-/m0/s1. The molecule has 3 rings (SSSR count). The molecular weight excluding hydrogens is 553 g/mol. The molecule has 0 saturated carbocycles. The van der Waals surface area contributed by atoms with Crippen molar-refractivity contribution in [3.05, 3.63) is 46.5 Å². The van der Waals surface area contributed by atoms with E-state index in [9.17, 15) is 0 Å². The second-order valence-electron chi connectivity index (χ2n) is 19.6. The molecule has 0 aromatic heterocycles. The van der Waals surface area contributed by atoms with E-state index in [-0.39, 0.29) is 0 Å². The van der Waals surface area contributed by atoms with Crippen LogP contribution in [0.3, 0.4) is 0 Å². The summed E-state index contributed by atoms with van der Waals surface area (Å²) in [6.07, 6.45) is 0. The van der Waals surface area contributed by atoms with Crippen LogP contribution in [-0.2, 0) is 0 Å². The van der Waals surface area contributed by atoms with Gasteiger partial charge in [-0.3, -0.25) is 0 Å². The van der Waals surface area contributed by atoms with Gasteiger partial charge < -0.3 is 0 Å². The van der Waals surface area contributed by atoms with E-state index in [1.54, 1.807) is 11.1 Å². The first kappa shape index (κ1) is 32.8. The van der Waals surface area contributed by atoms with Gasteiger partial charge in [0.1, 0.15) is 0 Å². The molecule has 0 amide bonds. The quantitative estimate of drug-likeness (QED) is 0.220.